The molecule has 6 heteroatoms. The van der Waals surface area contributed by atoms with Gasteiger partial charge in [-0.25, -0.2) is 4.79 Å². The lowest BCUT2D eigenvalue weighted by Crippen LogP contribution is -2.46. The summed E-state index contributed by atoms with van der Waals surface area (Å²) in [4.78, 5) is 17.3. The molecule has 4 rings (SSSR count). The molecular formula is C24H31N3O3. The fourth-order valence-corrected chi connectivity index (χ4v) is 4.59. The van der Waals surface area contributed by atoms with Crippen LogP contribution in [0, 0.1) is 5.92 Å². The number of piperidine rings is 1. The number of amides is 2. The highest BCUT2D eigenvalue weighted by Crippen LogP contribution is 2.30. The average molecular weight is 410 g/mol. The van der Waals surface area contributed by atoms with E-state index in [0.29, 0.717) is 23.1 Å². The number of nitrogens with zero attached hydrogens (tertiary/aromatic N) is 2. The minimum absolute atomic E-state index is 0.0455. The number of likely N-dealkylation sites (tertiary alicyclic amines) is 1. The van der Waals surface area contributed by atoms with Crippen LogP contribution in [0.1, 0.15) is 24.0 Å². The molecule has 0 bridgehead atoms. The zero-order valence-electron chi connectivity index (χ0n) is 17.9. The van der Waals surface area contributed by atoms with E-state index in [1.54, 1.807) is 20.3 Å². The molecule has 2 aliphatic heterocycles. The Morgan fingerprint density at radius 1 is 1.07 bits per heavy atom. The van der Waals surface area contributed by atoms with E-state index in [4.69, 9.17) is 9.47 Å². The number of carbonyl (C=O) groups excluding carboxylic acids is 1. The molecule has 1 N–H and O–H groups in total. The highest BCUT2D eigenvalue weighted by atomic mass is 16.5. The van der Waals surface area contributed by atoms with E-state index in [1.807, 2.05) is 17.0 Å². The summed E-state index contributed by atoms with van der Waals surface area (Å²) in [6, 6.07) is 14.1. The van der Waals surface area contributed by atoms with Crippen LogP contribution in [-0.2, 0) is 13.0 Å². The van der Waals surface area contributed by atoms with Crippen LogP contribution in [0.3, 0.4) is 0 Å². The molecule has 2 aliphatic rings. The maximum Gasteiger partial charge on any atom is 0.321 e. The average Bonchev–Trinajstić information content (AvgIpc) is 2.79. The first kappa shape index (κ1) is 20.5. The quantitative estimate of drug-likeness (QED) is 0.811. The number of benzene rings is 2. The van der Waals surface area contributed by atoms with Crippen LogP contribution in [0.5, 0.6) is 11.5 Å². The van der Waals surface area contributed by atoms with Gasteiger partial charge in [0.1, 0.15) is 0 Å². The van der Waals surface area contributed by atoms with Crippen LogP contribution in [-0.4, -0.2) is 56.2 Å². The van der Waals surface area contributed by atoms with Crippen molar-refractivity contribution in [3.63, 3.8) is 0 Å². The zero-order chi connectivity index (χ0) is 20.9. The van der Waals surface area contributed by atoms with Crippen molar-refractivity contribution in [1.29, 1.82) is 0 Å². The Bertz CT molecular complexity index is 886. The van der Waals surface area contributed by atoms with Crippen molar-refractivity contribution in [3.05, 3.63) is 53.6 Å². The topological polar surface area (TPSA) is 54.0 Å². The van der Waals surface area contributed by atoms with Crippen LogP contribution in [0.25, 0.3) is 0 Å². The molecule has 1 atom stereocenters. The third kappa shape index (κ3) is 4.70. The van der Waals surface area contributed by atoms with Gasteiger partial charge in [0.15, 0.2) is 11.5 Å². The molecule has 2 aromatic rings. The molecule has 30 heavy (non-hydrogen) atoms. The molecule has 0 aliphatic carbocycles. The lowest BCUT2D eigenvalue weighted by atomic mass is 9.95. The Kier molecular flexibility index (Phi) is 6.43. The number of nitrogens with one attached hydrogen (secondary N) is 1. The number of rotatable bonds is 5. The molecule has 2 heterocycles. The number of ether oxygens (including phenoxy) is 2. The molecule has 1 saturated heterocycles. The number of hydrogen-bond donors (Lipinski definition) is 1. The molecular weight excluding hydrogens is 378 g/mol. The molecule has 0 unspecified atom stereocenters. The van der Waals surface area contributed by atoms with Crippen LogP contribution in [0.2, 0.25) is 0 Å². The van der Waals surface area contributed by atoms with Gasteiger partial charge in [0.2, 0.25) is 0 Å². The maximum atomic E-state index is 12.9. The Balaban J connectivity index is 1.33. The van der Waals surface area contributed by atoms with Crippen LogP contribution in [0.4, 0.5) is 10.5 Å². The fourth-order valence-electron chi connectivity index (χ4n) is 4.59. The molecule has 1 fully saturated rings. The van der Waals surface area contributed by atoms with Crippen molar-refractivity contribution in [2.75, 3.05) is 45.7 Å². The predicted octanol–water partition coefficient (Wildman–Crippen LogP) is 4.01. The van der Waals surface area contributed by atoms with Gasteiger partial charge in [0, 0.05) is 44.5 Å². The van der Waals surface area contributed by atoms with Crippen molar-refractivity contribution in [2.45, 2.75) is 25.8 Å². The highest BCUT2D eigenvalue weighted by molar-refractivity contribution is 5.89. The smallest absolute Gasteiger partial charge is 0.321 e. The summed E-state index contributed by atoms with van der Waals surface area (Å²) in [5.41, 5.74) is 3.64. The highest BCUT2D eigenvalue weighted by Gasteiger charge is 2.26. The van der Waals surface area contributed by atoms with E-state index >= 15 is 0 Å². The molecule has 0 radical (unpaired) electrons. The molecule has 0 saturated carbocycles. The molecule has 0 spiro atoms. The van der Waals surface area contributed by atoms with Crippen molar-refractivity contribution < 1.29 is 14.3 Å². The van der Waals surface area contributed by atoms with Crippen LogP contribution >= 0.6 is 0 Å². The van der Waals surface area contributed by atoms with Gasteiger partial charge in [-0.15, -0.1) is 0 Å². The predicted molar refractivity (Wildman–Crippen MR) is 118 cm³/mol. The molecule has 6 nitrogen and oxygen atoms in total. The summed E-state index contributed by atoms with van der Waals surface area (Å²) >= 11 is 0. The van der Waals surface area contributed by atoms with Gasteiger partial charge in [-0.05, 0) is 48.4 Å². The molecule has 2 aromatic carbocycles. The largest absolute Gasteiger partial charge is 0.493 e. The van der Waals surface area contributed by atoms with E-state index in [0.717, 1.165) is 45.6 Å². The second-order valence-corrected chi connectivity index (χ2v) is 8.21. The Morgan fingerprint density at radius 3 is 2.67 bits per heavy atom. The van der Waals surface area contributed by atoms with Gasteiger partial charge in [-0.3, -0.25) is 4.90 Å². The maximum absolute atomic E-state index is 12.9. The number of hydrogen-bond acceptors (Lipinski definition) is 4. The summed E-state index contributed by atoms with van der Waals surface area (Å²) in [7, 11) is 3.20. The van der Waals surface area contributed by atoms with Crippen molar-refractivity contribution >= 4 is 11.7 Å². The number of methoxy groups -OCH3 is 2. The minimum Gasteiger partial charge on any atom is -0.493 e. The third-order valence-electron chi connectivity index (χ3n) is 6.17. The monoisotopic (exact) mass is 409 g/mol. The zero-order valence-corrected chi connectivity index (χ0v) is 17.9. The summed E-state index contributed by atoms with van der Waals surface area (Å²) in [5, 5.41) is 3.01. The number of anilines is 1. The lowest BCUT2D eigenvalue weighted by molar-refractivity contribution is 0.140. The lowest BCUT2D eigenvalue weighted by Gasteiger charge is -2.37. The fraction of sp³-hybridized carbons (Fsp3) is 0.458. The summed E-state index contributed by atoms with van der Waals surface area (Å²) in [6.45, 7) is 4.78. The first-order valence-electron chi connectivity index (χ1n) is 10.7. The second kappa shape index (κ2) is 9.39. The Hall–Kier alpha value is -2.73. The summed E-state index contributed by atoms with van der Waals surface area (Å²) in [5.74, 6) is 1.77. The van der Waals surface area contributed by atoms with Gasteiger partial charge in [-0.2, -0.15) is 0 Å². The standard InChI is InChI=1S/C24H31N3O3/c1-29-22-10-9-21(14-23(22)30-2)25-24(28)27-12-5-6-18(16-27)15-26-13-11-19-7-3-4-8-20(19)17-26/h3-4,7-10,14,18H,5-6,11-13,15-17H2,1-2H3,(H,25,28)/t18-/m0/s1. The van der Waals surface area contributed by atoms with Gasteiger partial charge in [0.25, 0.3) is 0 Å². The number of carbonyl (C=O) groups is 1. The van der Waals surface area contributed by atoms with Gasteiger partial charge >= 0.3 is 6.03 Å². The van der Waals surface area contributed by atoms with Gasteiger partial charge < -0.3 is 19.7 Å². The molecule has 2 amide bonds. The summed E-state index contributed by atoms with van der Waals surface area (Å²) in [6.07, 6.45) is 3.35. The molecule has 0 aromatic heterocycles. The summed E-state index contributed by atoms with van der Waals surface area (Å²) < 4.78 is 10.6. The van der Waals surface area contributed by atoms with Crippen molar-refractivity contribution in [3.8, 4) is 11.5 Å². The minimum atomic E-state index is -0.0455. The Labute approximate surface area is 178 Å². The van der Waals surface area contributed by atoms with Crippen molar-refractivity contribution in [1.82, 2.24) is 9.80 Å². The van der Waals surface area contributed by atoms with Gasteiger partial charge in [0.05, 0.1) is 14.2 Å². The first-order chi connectivity index (χ1) is 14.7. The third-order valence-corrected chi connectivity index (χ3v) is 6.17. The Morgan fingerprint density at radius 2 is 1.87 bits per heavy atom. The van der Waals surface area contributed by atoms with E-state index in [2.05, 4.69) is 34.5 Å². The van der Waals surface area contributed by atoms with E-state index in [9.17, 15) is 4.79 Å². The van der Waals surface area contributed by atoms with Gasteiger partial charge in [-0.1, -0.05) is 24.3 Å². The first-order valence-corrected chi connectivity index (χ1v) is 10.7. The second-order valence-electron chi connectivity index (χ2n) is 8.21. The van der Waals surface area contributed by atoms with Crippen LogP contribution in [0.15, 0.2) is 42.5 Å². The number of urea groups is 1. The van der Waals surface area contributed by atoms with E-state index in [1.165, 1.54) is 17.5 Å². The van der Waals surface area contributed by atoms with Crippen molar-refractivity contribution in [2.24, 2.45) is 5.92 Å². The number of fused-ring (bicyclic) bond motifs is 1. The van der Waals surface area contributed by atoms with E-state index < -0.39 is 0 Å². The molecule has 160 valence electrons. The normalized spacial score (nSPS) is 19.1. The van der Waals surface area contributed by atoms with Crippen LogP contribution < -0.4 is 14.8 Å². The SMILES string of the molecule is COc1ccc(NC(=O)N2CCC[C@@H](CN3CCc4ccccc4C3)C2)cc1OC. The van der Waals surface area contributed by atoms with E-state index in [-0.39, 0.29) is 6.03 Å².